The summed E-state index contributed by atoms with van der Waals surface area (Å²) in [6.45, 7) is 3.09. The highest BCUT2D eigenvalue weighted by molar-refractivity contribution is 6.16. The second-order valence-corrected chi connectivity index (χ2v) is 7.04. The number of aliphatic hydroxyl groups excluding tert-OH is 3. The Balaban J connectivity index is 2.13. The largest absolute Gasteiger partial charge is 0.394 e. The van der Waals surface area contributed by atoms with Gasteiger partial charge in [0.2, 0.25) is 11.4 Å². The highest BCUT2D eigenvalue weighted by Crippen LogP contribution is 2.39. The molecule has 12 heteroatoms. The molecule has 0 aromatic carbocycles. The maximum Gasteiger partial charge on any atom is 0.223 e. The summed E-state index contributed by atoms with van der Waals surface area (Å²) in [4.78, 5) is 47.7. The van der Waals surface area contributed by atoms with Crippen LogP contribution in [0, 0.1) is 0 Å². The summed E-state index contributed by atoms with van der Waals surface area (Å²) in [5, 5.41) is 29.8. The number of carbonyl (C=O) groups excluding carboxylic acids is 3. The van der Waals surface area contributed by atoms with Crippen LogP contribution in [0.1, 0.15) is 20.8 Å². The SMILES string of the molecule is CC(=O)[C@@H]1N=C(N)[C@]2(C(C)=O)N=CN([C@@H]3O[C@H](CO)[C@@H](O)[C@H]3O)[C@@H]2N1C(C)=O. The van der Waals surface area contributed by atoms with E-state index >= 15 is 0 Å². The number of amides is 1. The van der Waals surface area contributed by atoms with Crippen molar-refractivity contribution in [1.82, 2.24) is 9.80 Å². The van der Waals surface area contributed by atoms with Crippen LogP contribution in [-0.2, 0) is 19.1 Å². The Hall–Kier alpha value is -2.41. The predicted molar refractivity (Wildman–Crippen MR) is 93.9 cm³/mol. The van der Waals surface area contributed by atoms with E-state index < -0.39 is 66.5 Å². The summed E-state index contributed by atoms with van der Waals surface area (Å²) in [5.74, 6) is -1.83. The van der Waals surface area contributed by atoms with E-state index in [1.807, 2.05) is 0 Å². The van der Waals surface area contributed by atoms with Gasteiger partial charge in [-0.1, -0.05) is 0 Å². The van der Waals surface area contributed by atoms with Gasteiger partial charge in [-0.25, -0.2) is 9.98 Å². The quantitative estimate of drug-likeness (QED) is 0.375. The molecule has 0 aromatic rings. The zero-order chi connectivity index (χ0) is 21.0. The Morgan fingerprint density at radius 3 is 2.36 bits per heavy atom. The summed E-state index contributed by atoms with van der Waals surface area (Å²) >= 11 is 0. The van der Waals surface area contributed by atoms with Crippen molar-refractivity contribution >= 4 is 29.6 Å². The van der Waals surface area contributed by atoms with Gasteiger partial charge in [-0.2, -0.15) is 0 Å². The first-order valence-electron chi connectivity index (χ1n) is 8.67. The van der Waals surface area contributed by atoms with Crippen molar-refractivity contribution in [3.63, 3.8) is 0 Å². The Morgan fingerprint density at radius 2 is 1.89 bits per heavy atom. The van der Waals surface area contributed by atoms with Crippen molar-refractivity contribution in [2.75, 3.05) is 6.61 Å². The lowest BCUT2D eigenvalue weighted by Crippen LogP contribution is -2.73. The zero-order valence-electron chi connectivity index (χ0n) is 15.6. The number of hydrogen-bond acceptors (Lipinski definition) is 11. The molecule has 3 aliphatic heterocycles. The lowest BCUT2D eigenvalue weighted by molar-refractivity contribution is -0.156. The zero-order valence-corrected chi connectivity index (χ0v) is 15.6. The molecular weight excluding hydrogens is 374 g/mol. The van der Waals surface area contributed by atoms with Crippen LogP contribution in [0.25, 0.3) is 0 Å². The van der Waals surface area contributed by atoms with Crippen LogP contribution in [0.5, 0.6) is 0 Å². The number of nitrogens with zero attached hydrogens (tertiary/aromatic N) is 4. The molecule has 154 valence electrons. The molecule has 28 heavy (non-hydrogen) atoms. The Bertz CT molecular complexity index is 770. The molecule has 7 atom stereocenters. The molecule has 3 aliphatic rings. The summed E-state index contributed by atoms with van der Waals surface area (Å²) in [6, 6.07) is 0. The minimum absolute atomic E-state index is 0.242. The molecule has 3 heterocycles. The number of ether oxygens (including phenoxy) is 1. The fraction of sp³-hybridized carbons (Fsp3) is 0.688. The van der Waals surface area contributed by atoms with Gasteiger partial charge < -0.3 is 30.7 Å². The maximum absolute atomic E-state index is 12.6. The van der Waals surface area contributed by atoms with Gasteiger partial charge in [0.15, 0.2) is 24.0 Å². The number of ketones is 2. The number of amidine groups is 1. The van der Waals surface area contributed by atoms with Gasteiger partial charge in [-0.05, 0) is 13.8 Å². The van der Waals surface area contributed by atoms with Crippen LogP contribution >= 0.6 is 0 Å². The van der Waals surface area contributed by atoms with Crippen LogP contribution in [0.2, 0.25) is 0 Å². The maximum atomic E-state index is 12.6. The van der Waals surface area contributed by atoms with Crippen LogP contribution in [0.3, 0.4) is 0 Å². The number of fused-ring (bicyclic) bond motifs is 1. The van der Waals surface area contributed by atoms with Gasteiger partial charge in [0.05, 0.1) is 12.9 Å². The molecular formula is C16H23N5O7. The second kappa shape index (κ2) is 6.88. The van der Waals surface area contributed by atoms with Crippen LogP contribution in [0.4, 0.5) is 0 Å². The molecule has 0 saturated carbocycles. The monoisotopic (exact) mass is 397 g/mol. The fourth-order valence-electron chi connectivity index (χ4n) is 3.89. The van der Waals surface area contributed by atoms with E-state index in [9.17, 15) is 29.7 Å². The molecule has 0 spiro atoms. The van der Waals surface area contributed by atoms with E-state index in [4.69, 9.17) is 10.5 Å². The Labute approximate surface area is 160 Å². The first kappa shape index (κ1) is 20.3. The van der Waals surface area contributed by atoms with Crippen molar-refractivity contribution in [3.05, 3.63) is 0 Å². The molecule has 0 aromatic heterocycles. The van der Waals surface area contributed by atoms with E-state index in [1.165, 1.54) is 32.0 Å². The minimum Gasteiger partial charge on any atom is -0.394 e. The van der Waals surface area contributed by atoms with Crippen molar-refractivity contribution in [1.29, 1.82) is 0 Å². The third-order valence-electron chi connectivity index (χ3n) is 5.30. The standard InChI is InChI=1S/C16H23N5O7/c1-6(23)12-19-14(17)16(7(2)24)15(21(12)8(3)25)20(5-18-16)13-11(27)10(26)9(4-22)28-13/h5,9-13,15,22,26-27H,4H2,1-3H3,(H2,17,19)/t9-,10-,11-,12-,13-,15-,16+/m1/s1. The van der Waals surface area contributed by atoms with Crippen molar-refractivity contribution in [3.8, 4) is 0 Å². The first-order chi connectivity index (χ1) is 13.1. The number of carbonyl (C=O) groups is 3. The smallest absolute Gasteiger partial charge is 0.223 e. The molecule has 1 fully saturated rings. The van der Waals surface area contributed by atoms with Gasteiger partial charge >= 0.3 is 0 Å². The summed E-state index contributed by atoms with van der Waals surface area (Å²) < 4.78 is 5.52. The van der Waals surface area contributed by atoms with Crippen molar-refractivity contribution < 1.29 is 34.4 Å². The van der Waals surface area contributed by atoms with Gasteiger partial charge in [-0.15, -0.1) is 0 Å². The summed E-state index contributed by atoms with van der Waals surface area (Å²) in [6.07, 6.45) is -6.55. The molecule has 1 saturated heterocycles. The lowest BCUT2D eigenvalue weighted by Gasteiger charge is -2.48. The third-order valence-corrected chi connectivity index (χ3v) is 5.30. The molecule has 5 N–H and O–H groups in total. The average molecular weight is 397 g/mol. The van der Waals surface area contributed by atoms with Crippen LogP contribution < -0.4 is 5.73 Å². The average Bonchev–Trinajstić information content (AvgIpc) is 3.14. The molecule has 0 bridgehead atoms. The van der Waals surface area contributed by atoms with E-state index in [-0.39, 0.29) is 5.84 Å². The number of Topliss-reactive ketones (excluding diaryl/α,β-unsaturated/α-hetero) is 2. The van der Waals surface area contributed by atoms with Crippen LogP contribution in [0.15, 0.2) is 9.98 Å². The molecule has 0 radical (unpaired) electrons. The van der Waals surface area contributed by atoms with Gasteiger partial charge in [0.1, 0.15) is 30.3 Å². The van der Waals surface area contributed by atoms with Crippen molar-refractivity contribution in [2.45, 2.75) is 63.2 Å². The fourth-order valence-corrected chi connectivity index (χ4v) is 3.89. The van der Waals surface area contributed by atoms with Gasteiger partial charge in [0.25, 0.3) is 0 Å². The highest BCUT2D eigenvalue weighted by atomic mass is 16.6. The Kier molecular flexibility index (Phi) is 5.00. The van der Waals surface area contributed by atoms with Gasteiger partial charge in [-0.3, -0.25) is 19.3 Å². The Morgan fingerprint density at radius 1 is 1.25 bits per heavy atom. The topological polar surface area (TPSA) is 178 Å². The lowest BCUT2D eigenvalue weighted by atomic mass is 9.86. The highest BCUT2D eigenvalue weighted by Gasteiger charge is 2.63. The second-order valence-electron chi connectivity index (χ2n) is 7.04. The third kappa shape index (κ3) is 2.64. The number of hydrogen-bond donors (Lipinski definition) is 4. The number of rotatable bonds is 4. The first-order valence-corrected chi connectivity index (χ1v) is 8.67. The van der Waals surface area contributed by atoms with E-state index in [2.05, 4.69) is 9.98 Å². The number of nitrogens with two attached hydrogens (primary N) is 1. The molecule has 1 amide bonds. The molecule has 3 rings (SSSR count). The molecule has 0 aliphatic carbocycles. The van der Waals surface area contributed by atoms with E-state index in [1.54, 1.807) is 0 Å². The molecule has 12 nitrogen and oxygen atoms in total. The summed E-state index contributed by atoms with van der Waals surface area (Å²) in [7, 11) is 0. The van der Waals surface area contributed by atoms with E-state index in [0.717, 1.165) is 4.90 Å². The normalized spacial score (nSPS) is 39.7. The number of aliphatic imine (C=N–C) groups is 2. The number of aliphatic hydroxyl groups is 3. The van der Waals surface area contributed by atoms with E-state index in [0.29, 0.717) is 0 Å². The summed E-state index contributed by atoms with van der Waals surface area (Å²) in [5.41, 5.74) is 4.24. The predicted octanol–water partition coefficient (Wildman–Crippen LogP) is -3.44. The van der Waals surface area contributed by atoms with Crippen molar-refractivity contribution in [2.24, 2.45) is 15.7 Å². The van der Waals surface area contributed by atoms with Gasteiger partial charge in [0, 0.05) is 6.92 Å². The minimum atomic E-state index is -1.79. The molecule has 0 unspecified atom stereocenters. The van der Waals surface area contributed by atoms with Crippen LogP contribution in [-0.4, -0.2) is 104 Å².